The molecule has 2 N–H and O–H groups in total. The molecule has 0 aliphatic rings. The van der Waals surface area contributed by atoms with Crippen LogP contribution in [0.5, 0.6) is 0 Å². The number of hydrogen-bond acceptors (Lipinski definition) is 8. The zero-order valence-electron chi connectivity index (χ0n) is 13.1. The number of non-ortho nitro benzene ring substituents is 1. The molecular weight excluding hydrogens is 364 g/mol. The lowest BCUT2D eigenvalue weighted by Gasteiger charge is -2.05. The van der Waals surface area contributed by atoms with Gasteiger partial charge < -0.3 is 14.9 Å². The number of carbonyl (C=O) groups is 1. The summed E-state index contributed by atoms with van der Waals surface area (Å²) in [5.41, 5.74) is 6.00. The van der Waals surface area contributed by atoms with Gasteiger partial charge in [-0.05, 0) is 30.3 Å². The second-order valence-electron chi connectivity index (χ2n) is 5.11. The van der Waals surface area contributed by atoms with Crippen LogP contribution in [0.25, 0.3) is 11.5 Å². The fraction of sp³-hybridized carbons (Fsp3) is 0.0625. The van der Waals surface area contributed by atoms with Crippen molar-refractivity contribution in [1.29, 1.82) is 0 Å². The van der Waals surface area contributed by atoms with E-state index in [0.29, 0.717) is 10.6 Å². The van der Waals surface area contributed by atoms with E-state index in [-0.39, 0.29) is 35.3 Å². The molecule has 0 radical (unpaired) electrons. The number of ether oxygens (including phenoxy) is 1. The van der Waals surface area contributed by atoms with Crippen molar-refractivity contribution in [3.63, 3.8) is 0 Å². The number of hydrogen-bond donors (Lipinski definition) is 1. The smallest absolute Gasteiger partial charge is 0.341 e. The molecule has 3 rings (SSSR count). The SMILES string of the molecule is Nc1ccc([N+](=O)[O-])cc1C(=O)OCc1nnc(-c2ccc(Cl)cc2)o1. The summed E-state index contributed by atoms with van der Waals surface area (Å²) in [6, 6.07) is 10.3. The third kappa shape index (κ3) is 3.78. The largest absolute Gasteiger partial charge is 0.452 e. The summed E-state index contributed by atoms with van der Waals surface area (Å²) < 4.78 is 10.4. The van der Waals surface area contributed by atoms with Crippen LogP contribution in [0.3, 0.4) is 0 Å². The summed E-state index contributed by atoms with van der Waals surface area (Å²) in [5, 5.41) is 19.0. The van der Waals surface area contributed by atoms with Crippen molar-refractivity contribution in [3.8, 4) is 11.5 Å². The third-order valence-corrected chi connectivity index (χ3v) is 3.60. The van der Waals surface area contributed by atoms with Crippen molar-refractivity contribution < 1.29 is 18.9 Å². The standard InChI is InChI=1S/C16H11ClN4O5/c17-10-3-1-9(2-4-10)15-20-19-14(26-15)8-25-16(22)12-7-11(21(23)24)5-6-13(12)18/h1-7H,8,18H2. The van der Waals surface area contributed by atoms with E-state index in [2.05, 4.69) is 10.2 Å². The van der Waals surface area contributed by atoms with E-state index in [1.807, 2.05) is 0 Å². The van der Waals surface area contributed by atoms with Crippen molar-refractivity contribution in [1.82, 2.24) is 10.2 Å². The Balaban J connectivity index is 1.70. The predicted octanol–water partition coefficient (Wildman–Crippen LogP) is 3.24. The van der Waals surface area contributed by atoms with Crippen LogP contribution in [-0.4, -0.2) is 21.1 Å². The minimum Gasteiger partial charge on any atom is -0.452 e. The Hall–Kier alpha value is -3.46. The van der Waals surface area contributed by atoms with Gasteiger partial charge in [-0.1, -0.05) is 11.6 Å². The Morgan fingerprint density at radius 3 is 2.65 bits per heavy atom. The number of nitro benzene ring substituents is 1. The molecule has 0 aliphatic heterocycles. The number of nitrogens with two attached hydrogens (primary N) is 1. The molecule has 26 heavy (non-hydrogen) atoms. The van der Waals surface area contributed by atoms with E-state index in [1.54, 1.807) is 24.3 Å². The number of nitrogens with zero attached hydrogens (tertiary/aromatic N) is 3. The van der Waals surface area contributed by atoms with Gasteiger partial charge >= 0.3 is 5.97 Å². The van der Waals surface area contributed by atoms with Crippen LogP contribution in [0, 0.1) is 10.1 Å². The quantitative estimate of drug-likeness (QED) is 0.311. The number of rotatable bonds is 5. The van der Waals surface area contributed by atoms with Gasteiger partial charge in [-0.2, -0.15) is 0 Å². The molecular formula is C16H11ClN4O5. The van der Waals surface area contributed by atoms with Crippen LogP contribution in [0.15, 0.2) is 46.9 Å². The number of nitrogen functional groups attached to an aromatic ring is 1. The predicted molar refractivity (Wildman–Crippen MR) is 91.4 cm³/mol. The van der Waals surface area contributed by atoms with Crippen LogP contribution < -0.4 is 5.73 Å². The normalized spacial score (nSPS) is 10.5. The molecule has 0 unspecified atom stereocenters. The van der Waals surface area contributed by atoms with Gasteiger partial charge in [-0.25, -0.2) is 4.79 Å². The Morgan fingerprint density at radius 2 is 1.96 bits per heavy atom. The maximum atomic E-state index is 12.1. The Kier molecular flexibility index (Phi) is 4.81. The van der Waals surface area contributed by atoms with Crippen LogP contribution in [0.2, 0.25) is 5.02 Å². The van der Waals surface area contributed by atoms with Crippen LogP contribution >= 0.6 is 11.6 Å². The fourth-order valence-electron chi connectivity index (χ4n) is 2.06. The first kappa shape index (κ1) is 17.4. The molecule has 1 aromatic heterocycles. The van der Waals surface area contributed by atoms with Crippen LogP contribution in [0.4, 0.5) is 11.4 Å². The van der Waals surface area contributed by atoms with Crippen molar-refractivity contribution in [2.75, 3.05) is 5.73 Å². The van der Waals surface area contributed by atoms with Gasteiger partial charge in [0.1, 0.15) is 0 Å². The van der Waals surface area contributed by atoms with Gasteiger partial charge in [0.25, 0.3) is 11.6 Å². The summed E-state index contributed by atoms with van der Waals surface area (Å²) in [4.78, 5) is 22.3. The van der Waals surface area contributed by atoms with Crippen LogP contribution in [0.1, 0.15) is 16.2 Å². The monoisotopic (exact) mass is 374 g/mol. The summed E-state index contributed by atoms with van der Waals surface area (Å²) in [6.45, 7) is -0.304. The van der Waals surface area contributed by atoms with Gasteiger partial charge in [0.05, 0.1) is 10.5 Å². The summed E-state index contributed by atoms with van der Waals surface area (Å²) in [7, 11) is 0. The van der Waals surface area contributed by atoms with E-state index < -0.39 is 10.9 Å². The molecule has 0 saturated carbocycles. The first-order chi connectivity index (χ1) is 12.4. The molecule has 0 fully saturated rings. The number of nitro groups is 1. The minimum atomic E-state index is -0.836. The topological polar surface area (TPSA) is 134 Å². The molecule has 0 aliphatic carbocycles. The summed E-state index contributed by atoms with van der Waals surface area (Å²) in [6.07, 6.45) is 0. The highest BCUT2D eigenvalue weighted by Crippen LogP contribution is 2.22. The van der Waals surface area contributed by atoms with Gasteiger partial charge in [-0.15, -0.1) is 10.2 Å². The lowest BCUT2D eigenvalue weighted by molar-refractivity contribution is -0.384. The molecule has 2 aromatic carbocycles. The molecule has 0 saturated heterocycles. The Bertz CT molecular complexity index is 971. The van der Waals surface area contributed by atoms with E-state index in [0.717, 1.165) is 6.07 Å². The average Bonchev–Trinajstić information content (AvgIpc) is 3.09. The Morgan fingerprint density at radius 1 is 1.23 bits per heavy atom. The van der Waals surface area contributed by atoms with Crippen molar-refractivity contribution >= 4 is 28.9 Å². The fourth-order valence-corrected chi connectivity index (χ4v) is 2.19. The number of benzene rings is 2. The van der Waals surface area contributed by atoms with Gasteiger partial charge in [0, 0.05) is 28.4 Å². The summed E-state index contributed by atoms with van der Waals surface area (Å²) in [5.74, 6) is -0.535. The minimum absolute atomic E-state index is 0.0623. The van der Waals surface area contributed by atoms with Crippen molar-refractivity contribution in [3.05, 3.63) is 69.1 Å². The number of carbonyl (C=O) groups excluding carboxylic acids is 1. The number of halogens is 1. The second-order valence-corrected chi connectivity index (χ2v) is 5.55. The highest BCUT2D eigenvalue weighted by molar-refractivity contribution is 6.30. The average molecular weight is 375 g/mol. The lowest BCUT2D eigenvalue weighted by atomic mass is 10.1. The van der Waals surface area contributed by atoms with Crippen molar-refractivity contribution in [2.45, 2.75) is 6.61 Å². The van der Waals surface area contributed by atoms with Crippen LogP contribution in [-0.2, 0) is 11.3 Å². The number of esters is 1. The molecule has 132 valence electrons. The molecule has 10 heteroatoms. The van der Waals surface area contributed by atoms with E-state index in [4.69, 9.17) is 26.5 Å². The molecule has 1 heterocycles. The Labute approximate surface area is 151 Å². The number of anilines is 1. The van der Waals surface area contributed by atoms with E-state index in [1.165, 1.54) is 12.1 Å². The molecule has 0 spiro atoms. The zero-order chi connectivity index (χ0) is 18.7. The summed E-state index contributed by atoms with van der Waals surface area (Å²) >= 11 is 5.81. The highest BCUT2D eigenvalue weighted by atomic mass is 35.5. The molecule has 3 aromatic rings. The highest BCUT2D eigenvalue weighted by Gasteiger charge is 2.18. The maximum Gasteiger partial charge on any atom is 0.341 e. The first-order valence-electron chi connectivity index (χ1n) is 7.23. The van der Waals surface area contributed by atoms with E-state index >= 15 is 0 Å². The van der Waals surface area contributed by atoms with Gasteiger partial charge in [-0.3, -0.25) is 10.1 Å². The second kappa shape index (κ2) is 7.19. The molecule has 9 nitrogen and oxygen atoms in total. The molecule has 0 amide bonds. The van der Waals surface area contributed by atoms with E-state index in [9.17, 15) is 14.9 Å². The van der Waals surface area contributed by atoms with Gasteiger partial charge in [0.2, 0.25) is 5.89 Å². The lowest BCUT2D eigenvalue weighted by Crippen LogP contribution is -2.09. The van der Waals surface area contributed by atoms with Gasteiger partial charge in [0.15, 0.2) is 6.61 Å². The molecule has 0 atom stereocenters. The van der Waals surface area contributed by atoms with Crippen molar-refractivity contribution in [2.24, 2.45) is 0 Å². The maximum absolute atomic E-state index is 12.1. The number of aromatic nitrogens is 2. The zero-order valence-corrected chi connectivity index (χ0v) is 13.8. The first-order valence-corrected chi connectivity index (χ1v) is 7.61. The molecule has 0 bridgehead atoms. The third-order valence-electron chi connectivity index (χ3n) is 3.35.